The van der Waals surface area contributed by atoms with Gasteiger partial charge >= 0.3 is 5.97 Å². The van der Waals surface area contributed by atoms with Crippen molar-refractivity contribution < 1.29 is 9.90 Å². The Balaban J connectivity index is 3.92. The van der Waals surface area contributed by atoms with Crippen molar-refractivity contribution in [1.82, 2.24) is 4.90 Å². The highest BCUT2D eigenvalue weighted by Crippen LogP contribution is 2.10. The standard InChI is InChI=1S/C19H35NO2/c1-4-6-8-10-12-14-16-20(18(3)19(21)22)17-15-13-11-9-7-5-2/h4-5,18H,1-2,6-17H2,3H3,(H,21,22). The maximum Gasteiger partial charge on any atom is 0.320 e. The molecule has 0 aromatic heterocycles. The second-order valence-corrected chi connectivity index (χ2v) is 6.03. The van der Waals surface area contributed by atoms with Crippen molar-refractivity contribution in [3.05, 3.63) is 25.3 Å². The lowest BCUT2D eigenvalue weighted by Crippen LogP contribution is -2.40. The molecule has 0 bridgehead atoms. The molecular weight excluding hydrogens is 274 g/mol. The van der Waals surface area contributed by atoms with E-state index in [-0.39, 0.29) is 6.04 Å². The van der Waals surface area contributed by atoms with Gasteiger partial charge in [0.15, 0.2) is 0 Å². The molecule has 0 aromatic rings. The largest absolute Gasteiger partial charge is 0.480 e. The predicted molar refractivity (Wildman–Crippen MR) is 95.2 cm³/mol. The summed E-state index contributed by atoms with van der Waals surface area (Å²) in [5, 5.41) is 9.23. The number of hydrogen-bond donors (Lipinski definition) is 1. The summed E-state index contributed by atoms with van der Waals surface area (Å²) in [5.74, 6) is -0.710. The van der Waals surface area contributed by atoms with Crippen molar-refractivity contribution >= 4 is 5.97 Å². The van der Waals surface area contributed by atoms with Crippen molar-refractivity contribution in [3.63, 3.8) is 0 Å². The van der Waals surface area contributed by atoms with Crippen LogP contribution < -0.4 is 0 Å². The van der Waals surface area contributed by atoms with Crippen LogP contribution in [0.5, 0.6) is 0 Å². The molecule has 0 aromatic carbocycles. The quantitative estimate of drug-likeness (QED) is 0.321. The average molecular weight is 309 g/mol. The predicted octanol–water partition coefficient (Wildman–Crippen LogP) is 5.03. The van der Waals surface area contributed by atoms with Gasteiger partial charge in [0.2, 0.25) is 0 Å². The van der Waals surface area contributed by atoms with Crippen LogP contribution in [0.3, 0.4) is 0 Å². The van der Waals surface area contributed by atoms with E-state index in [1.807, 2.05) is 12.2 Å². The lowest BCUT2D eigenvalue weighted by molar-refractivity contribution is -0.142. The van der Waals surface area contributed by atoms with Crippen LogP contribution in [0.15, 0.2) is 25.3 Å². The molecule has 0 aliphatic heterocycles. The van der Waals surface area contributed by atoms with Crippen LogP contribution in [0, 0.1) is 0 Å². The van der Waals surface area contributed by atoms with Crippen LogP contribution in [0.1, 0.15) is 71.1 Å². The number of nitrogens with zero attached hydrogens (tertiary/aromatic N) is 1. The summed E-state index contributed by atoms with van der Waals surface area (Å²) < 4.78 is 0. The van der Waals surface area contributed by atoms with Gasteiger partial charge < -0.3 is 5.11 Å². The van der Waals surface area contributed by atoms with Crippen molar-refractivity contribution in [2.45, 2.75) is 77.2 Å². The fourth-order valence-electron chi connectivity index (χ4n) is 2.57. The first-order valence-corrected chi connectivity index (χ1v) is 8.82. The molecule has 1 atom stereocenters. The van der Waals surface area contributed by atoms with E-state index in [2.05, 4.69) is 18.1 Å². The van der Waals surface area contributed by atoms with Gasteiger partial charge in [-0.05, 0) is 58.5 Å². The van der Waals surface area contributed by atoms with Gasteiger partial charge in [-0.15, -0.1) is 13.2 Å². The van der Waals surface area contributed by atoms with Crippen LogP contribution >= 0.6 is 0 Å². The molecule has 0 saturated heterocycles. The molecule has 1 unspecified atom stereocenters. The van der Waals surface area contributed by atoms with E-state index in [0.29, 0.717) is 0 Å². The van der Waals surface area contributed by atoms with Gasteiger partial charge in [-0.3, -0.25) is 9.69 Å². The summed E-state index contributed by atoms with van der Waals surface area (Å²) in [6, 6.07) is -0.374. The van der Waals surface area contributed by atoms with E-state index in [9.17, 15) is 9.90 Å². The number of aliphatic carboxylic acids is 1. The first-order valence-electron chi connectivity index (χ1n) is 8.82. The maximum atomic E-state index is 11.2. The van der Waals surface area contributed by atoms with Crippen LogP contribution in [-0.4, -0.2) is 35.1 Å². The number of allylic oxidation sites excluding steroid dienone is 2. The van der Waals surface area contributed by atoms with Gasteiger partial charge in [0, 0.05) is 0 Å². The Kier molecular flexibility index (Phi) is 14.1. The smallest absolute Gasteiger partial charge is 0.320 e. The van der Waals surface area contributed by atoms with Crippen LogP contribution in [-0.2, 0) is 4.79 Å². The highest BCUT2D eigenvalue weighted by molar-refractivity contribution is 5.72. The van der Waals surface area contributed by atoms with Crippen molar-refractivity contribution in [3.8, 4) is 0 Å². The number of carboxylic acid groups (broad SMARTS) is 1. The molecule has 0 amide bonds. The molecule has 3 heteroatoms. The lowest BCUT2D eigenvalue weighted by atomic mass is 10.1. The Hall–Kier alpha value is -1.09. The van der Waals surface area contributed by atoms with Crippen LogP contribution in [0.4, 0.5) is 0 Å². The monoisotopic (exact) mass is 309 g/mol. The normalized spacial score (nSPS) is 12.3. The fraction of sp³-hybridized carbons (Fsp3) is 0.737. The first kappa shape index (κ1) is 20.9. The van der Waals surface area contributed by atoms with Crippen LogP contribution in [0.25, 0.3) is 0 Å². The number of unbranched alkanes of at least 4 members (excludes halogenated alkanes) is 8. The highest BCUT2D eigenvalue weighted by Gasteiger charge is 2.19. The molecule has 0 heterocycles. The lowest BCUT2D eigenvalue weighted by Gasteiger charge is -2.26. The Bertz CT molecular complexity index is 282. The number of rotatable bonds is 16. The van der Waals surface area contributed by atoms with E-state index >= 15 is 0 Å². The zero-order valence-corrected chi connectivity index (χ0v) is 14.4. The Labute approximate surface area is 137 Å². The molecule has 1 N–H and O–H groups in total. The Morgan fingerprint density at radius 1 is 0.909 bits per heavy atom. The summed E-state index contributed by atoms with van der Waals surface area (Å²) in [5.41, 5.74) is 0. The minimum atomic E-state index is -0.710. The molecule has 0 saturated carbocycles. The third-order valence-corrected chi connectivity index (χ3v) is 4.11. The molecule has 0 spiro atoms. The van der Waals surface area contributed by atoms with Gasteiger partial charge in [-0.2, -0.15) is 0 Å². The van der Waals surface area contributed by atoms with Gasteiger partial charge in [0.25, 0.3) is 0 Å². The minimum Gasteiger partial charge on any atom is -0.480 e. The number of hydrogen-bond acceptors (Lipinski definition) is 2. The molecule has 22 heavy (non-hydrogen) atoms. The zero-order valence-electron chi connectivity index (χ0n) is 14.4. The summed E-state index contributed by atoms with van der Waals surface area (Å²) in [4.78, 5) is 13.4. The highest BCUT2D eigenvalue weighted by atomic mass is 16.4. The summed E-state index contributed by atoms with van der Waals surface area (Å²) in [6.07, 6.45) is 15.4. The van der Waals surface area contributed by atoms with E-state index in [0.717, 1.165) is 38.8 Å². The number of carbonyl (C=O) groups is 1. The molecule has 0 aliphatic rings. The van der Waals surface area contributed by atoms with E-state index in [1.165, 1.54) is 38.5 Å². The Morgan fingerprint density at radius 2 is 1.32 bits per heavy atom. The summed E-state index contributed by atoms with van der Waals surface area (Å²) in [6.45, 7) is 11.1. The van der Waals surface area contributed by atoms with Gasteiger partial charge in [0.1, 0.15) is 6.04 Å². The molecule has 128 valence electrons. The summed E-state index contributed by atoms with van der Waals surface area (Å²) in [7, 11) is 0. The van der Waals surface area contributed by atoms with Gasteiger partial charge in [-0.25, -0.2) is 0 Å². The molecule has 0 rings (SSSR count). The SMILES string of the molecule is C=CCCCCCCN(CCCCCCC=C)C(C)C(=O)O. The zero-order chi connectivity index (χ0) is 16.6. The van der Waals surface area contributed by atoms with Crippen molar-refractivity contribution in [2.24, 2.45) is 0 Å². The number of carboxylic acids is 1. The van der Waals surface area contributed by atoms with E-state index in [4.69, 9.17) is 0 Å². The first-order chi connectivity index (χ1) is 10.6. The Morgan fingerprint density at radius 3 is 1.68 bits per heavy atom. The van der Waals surface area contributed by atoms with Crippen LogP contribution in [0.2, 0.25) is 0 Å². The van der Waals surface area contributed by atoms with Crippen molar-refractivity contribution in [2.75, 3.05) is 13.1 Å². The minimum absolute atomic E-state index is 0.374. The van der Waals surface area contributed by atoms with Gasteiger partial charge in [0.05, 0.1) is 0 Å². The summed E-state index contributed by atoms with van der Waals surface area (Å²) >= 11 is 0. The fourth-order valence-corrected chi connectivity index (χ4v) is 2.57. The molecule has 3 nitrogen and oxygen atoms in total. The maximum absolute atomic E-state index is 11.2. The molecule has 0 aliphatic carbocycles. The molecular formula is C19H35NO2. The van der Waals surface area contributed by atoms with E-state index < -0.39 is 5.97 Å². The second-order valence-electron chi connectivity index (χ2n) is 6.03. The topological polar surface area (TPSA) is 40.5 Å². The molecule has 0 radical (unpaired) electrons. The van der Waals surface area contributed by atoms with E-state index in [1.54, 1.807) is 6.92 Å². The average Bonchev–Trinajstić information content (AvgIpc) is 2.51. The van der Waals surface area contributed by atoms with Crippen molar-refractivity contribution in [1.29, 1.82) is 0 Å². The van der Waals surface area contributed by atoms with Gasteiger partial charge in [-0.1, -0.05) is 37.8 Å². The third-order valence-electron chi connectivity index (χ3n) is 4.11. The second kappa shape index (κ2) is 14.8. The third kappa shape index (κ3) is 11.6. The molecule has 0 fully saturated rings.